The molecule has 0 bridgehead atoms. The summed E-state index contributed by atoms with van der Waals surface area (Å²) in [6, 6.07) is 0. The maximum atomic E-state index is 10.0. The lowest BCUT2D eigenvalue weighted by molar-refractivity contribution is -0.0225. The molecule has 2 saturated heterocycles. The number of ether oxygens (including phenoxy) is 2. The lowest BCUT2D eigenvalue weighted by Crippen LogP contribution is -2.30. The maximum Gasteiger partial charge on any atom is 0.0860 e. The molecule has 0 aromatic heterocycles. The zero-order valence-corrected chi connectivity index (χ0v) is 10.2. The summed E-state index contributed by atoms with van der Waals surface area (Å²) in [4.78, 5) is 0. The van der Waals surface area contributed by atoms with Gasteiger partial charge in [0, 0.05) is 13.2 Å². The molecule has 3 nitrogen and oxygen atoms in total. The third kappa shape index (κ3) is 3.19. The maximum absolute atomic E-state index is 10.0. The SMILES string of the molecule is CC1CCOC1C(O)CCCC1CCCO1. The number of aliphatic hydroxyl groups excluding tert-OH is 1. The van der Waals surface area contributed by atoms with Crippen molar-refractivity contribution in [2.24, 2.45) is 5.92 Å². The molecule has 94 valence electrons. The summed E-state index contributed by atoms with van der Waals surface area (Å²) in [5, 5.41) is 10.0. The van der Waals surface area contributed by atoms with Gasteiger partial charge in [-0.2, -0.15) is 0 Å². The Balaban J connectivity index is 1.61. The molecule has 0 aromatic carbocycles. The van der Waals surface area contributed by atoms with Crippen LogP contribution in [0.15, 0.2) is 0 Å². The first-order valence-electron chi connectivity index (χ1n) is 6.68. The molecular formula is C13H24O3. The molecule has 2 rings (SSSR count). The molecule has 0 saturated carbocycles. The molecule has 0 amide bonds. The Labute approximate surface area is 98.1 Å². The second-order valence-electron chi connectivity index (χ2n) is 5.23. The van der Waals surface area contributed by atoms with Crippen molar-refractivity contribution in [3.63, 3.8) is 0 Å². The van der Waals surface area contributed by atoms with Gasteiger partial charge in [-0.1, -0.05) is 6.92 Å². The summed E-state index contributed by atoms with van der Waals surface area (Å²) in [7, 11) is 0. The van der Waals surface area contributed by atoms with E-state index in [1.54, 1.807) is 0 Å². The highest BCUT2D eigenvalue weighted by Crippen LogP contribution is 2.26. The Morgan fingerprint density at radius 1 is 1.25 bits per heavy atom. The summed E-state index contributed by atoms with van der Waals surface area (Å²) in [6.45, 7) is 3.91. The zero-order valence-electron chi connectivity index (χ0n) is 10.2. The van der Waals surface area contributed by atoms with Crippen LogP contribution in [0.25, 0.3) is 0 Å². The molecule has 2 aliphatic rings. The van der Waals surface area contributed by atoms with Crippen LogP contribution in [0.1, 0.15) is 45.4 Å². The fourth-order valence-electron chi connectivity index (χ4n) is 2.80. The first kappa shape index (κ1) is 12.3. The summed E-state index contributed by atoms with van der Waals surface area (Å²) in [5.74, 6) is 0.512. The van der Waals surface area contributed by atoms with E-state index in [9.17, 15) is 5.11 Å². The average molecular weight is 228 g/mol. The van der Waals surface area contributed by atoms with Crippen molar-refractivity contribution in [2.45, 2.75) is 63.8 Å². The minimum Gasteiger partial charge on any atom is -0.390 e. The Kier molecular flexibility index (Phi) is 4.62. The van der Waals surface area contributed by atoms with Crippen LogP contribution in [0.2, 0.25) is 0 Å². The molecule has 2 fully saturated rings. The first-order valence-corrected chi connectivity index (χ1v) is 6.68. The van der Waals surface area contributed by atoms with Gasteiger partial charge in [-0.15, -0.1) is 0 Å². The Hall–Kier alpha value is -0.120. The van der Waals surface area contributed by atoms with E-state index in [0.717, 1.165) is 38.9 Å². The predicted octanol–water partition coefficient (Wildman–Crippen LogP) is 2.12. The Bertz CT molecular complexity index is 201. The number of hydrogen-bond acceptors (Lipinski definition) is 3. The van der Waals surface area contributed by atoms with Crippen LogP contribution < -0.4 is 0 Å². The highest BCUT2D eigenvalue weighted by Gasteiger charge is 2.30. The van der Waals surface area contributed by atoms with E-state index >= 15 is 0 Å². The standard InChI is InChI=1S/C13H24O3/c1-10-7-9-16-13(10)12(14)6-2-4-11-5-3-8-15-11/h10-14H,2-9H2,1H3. The molecule has 16 heavy (non-hydrogen) atoms. The van der Waals surface area contributed by atoms with Gasteiger partial charge in [-0.3, -0.25) is 0 Å². The second-order valence-corrected chi connectivity index (χ2v) is 5.23. The van der Waals surface area contributed by atoms with Crippen molar-refractivity contribution in [3.8, 4) is 0 Å². The van der Waals surface area contributed by atoms with E-state index in [4.69, 9.17) is 9.47 Å². The number of hydrogen-bond donors (Lipinski definition) is 1. The van der Waals surface area contributed by atoms with E-state index < -0.39 is 0 Å². The molecular weight excluding hydrogens is 204 g/mol. The largest absolute Gasteiger partial charge is 0.390 e. The van der Waals surface area contributed by atoms with Crippen LogP contribution in [0.5, 0.6) is 0 Å². The van der Waals surface area contributed by atoms with Crippen LogP contribution in [0, 0.1) is 5.92 Å². The van der Waals surface area contributed by atoms with Crippen molar-refractivity contribution in [1.29, 1.82) is 0 Å². The van der Waals surface area contributed by atoms with Crippen LogP contribution in [0.3, 0.4) is 0 Å². The summed E-state index contributed by atoms with van der Waals surface area (Å²) in [6.07, 6.45) is 6.75. The molecule has 2 aliphatic heterocycles. The van der Waals surface area contributed by atoms with Gasteiger partial charge in [-0.25, -0.2) is 0 Å². The minimum absolute atomic E-state index is 0.0736. The third-order valence-electron chi connectivity index (χ3n) is 3.87. The summed E-state index contributed by atoms with van der Waals surface area (Å²) >= 11 is 0. The van der Waals surface area contributed by atoms with Gasteiger partial charge in [0.2, 0.25) is 0 Å². The monoisotopic (exact) mass is 228 g/mol. The van der Waals surface area contributed by atoms with E-state index in [0.29, 0.717) is 12.0 Å². The molecule has 2 heterocycles. The van der Waals surface area contributed by atoms with Crippen molar-refractivity contribution in [2.75, 3.05) is 13.2 Å². The first-order chi connectivity index (χ1) is 7.77. The van der Waals surface area contributed by atoms with Gasteiger partial charge < -0.3 is 14.6 Å². The van der Waals surface area contributed by atoms with E-state index in [1.165, 1.54) is 12.8 Å². The van der Waals surface area contributed by atoms with Crippen LogP contribution in [-0.2, 0) is 9.47 Å². The quantitative estimate of drug-likeness (QED) is 0.783. The average Bonchev–Trinajstić information content (AvgIpc) is 2.88. The molecule has 3 heteroatoms. The Morgan fingerprint density at radius 3 is 2.75 bits per heavy atom. The van der Waals surface area contributed by atoms with Crippen molar-refractivity contribution in [1.82, 2.24) is 0 Å². The lowest BCUT2D eigenvalue weighted by Gasteiger charge is -2.21. The highest BCUT2D eigenvalue weighted by atomic mass is 16.5. The fourth-order valence-corrected chi connectivity index (χ4v) is 2.80. The van der Waals surface area contributed by atoms with Crippen LogP contribution >= 0.6 is 0 Å². The smallest absolute Gasteiger partial charge is 0.0860 e. The molecule has 1 N–H and O–H groups in total. The topological polar surface area (TPSA) is 38.7 Å². The molecule has 0 aromatic rings. The van der Waals surface area contributed by atoms with Gasteiger partial charge in [0.15, 0.2) is 0 Å². The van der Waals surface area contributed by atoms with Crippen molar-refractivity contribution >= 4 is 0 Å². The molecule has 4 atom stereocenters. The van der Waals surface area contributed by atoms with Gasteiger partial charge in [0.1, 0.15) is 0 Å². The van der Waals surface area contributed by atoms with Gasteiger partial charge in [0.05, 0.1) is 18.3 Å². The zero-order chi connectivity index (χ0) is 11.4. The summed E-state index contributed by atoms with van der Waals surface area (Å²) in [5.41, 5.74) is 0. The molecule has 0 spiro atoms. The number of aliphatic hydroxyl groups is 1. The second kappa shape index (κ2) is 5.99. The molecule has 0 aliphatic carbocycles. The number of rotatable bonds is 5. The minimum atomic E-state index is -0.279. The molecule has 4 unspecified atom stereocenters. The lowest BCUT2D eigenvalue weighted by atomic mass is 9.95. The summed E-state index contributed by atoms with van der Waals surface area (Å²) < 4.78 is 11.1. The van der Waals surface area contributed by atoms with Crippen molar-refractivity contribution in [3.05, 3.63) is 0 Å². The van der Waals surface area contributed by atoms with Gasteiger partial charge in [-0.05, 0) is 44.4 Å². The van der Waals surface area contributed by atoms with Crippen LogP contribution in [-0.4, -0.2) is 36.6 Å². The highest BCUT2D eigenvalue weighted by molar-refractivity contribution is 4.79. The van der Waals surface area contributed by atoms with E-state index in [-0.39, 0.29) is 12.2 Å². The third-order valence-corrected chi connectivity index (χ3v) is 3.87. The van der Waals surface area contributed by atoms with E-state index in [1.807, 2.05) is 0 Å². The van der Waals surface area contributed by atoms with E-state index in [2.05, 4.69) is 6.92 Å². The normalized spacial score (nSPS) is 36.8. The molecule has 0 radical (unpaired) electrons. The van der Waals surface area contributed by atoms with Gasteiger partial charge >= 0.3 is 0 Å². The van der Waals surface area contributed by atoms with Crippen molar-refractivity contribution < 1.29 is 14.6 Å². The predicted molar refractivity (Wildman–Crippen MR) is 62.4 cm³/mol. The Morgan fingerprint density at radius 2 is 2.12 bits per heavy atom. The van der Waals surface area contributed by atoms with Crippen LogP contribution in [0.4, 0.5) is 0 Å². The van der Waals surface area contributed by atoms with Gasteiger partial charge in [0.25, 0.3) is 0 Å². The fraction of sp³-hybridized carbons (Fsp3) is 1.00.